The average Bonchev–Trinajstić information content (AvgIpc) is 3.30. The van der Waals surface area contributed by atoms with Crippen LogP contribution in [0.5, 0.6) is 0 Å². The van der Waals surface area contributed by atoms with Crippen LogP contribution in [0.3, 0.4) is 0 Å². The van der Waals surface area contributed by atoms with Crippen LogP contribution < -0.4 is 15.6 Å². The number of hydrogen-bond acceptors (Lipinski definition) is 0. The highest BCUT2D eigenvalue weighted by Gasteiger charge is 2.48. The van der Waals surface area contributed by atoms with Crippen LogP contribution in [0.1, 0.15) is 33.4 Å². The monoisotopic (exact) mass is 834 g/mol. The van der Waals surface area contributed by atoms with E-state index in [1.54, 1.807) is 0 Å². The van der Waals surface area contributed by atoms with Gasteiger partial charge < -0.3 is 0 Å². The molecule has 0 heterocycles. The van der Waals surface area contributed by atoms with Crippen LogP contribution in [0.15, 0.2) is 200 Å². The Morgan fingerprint density at radius 3 is 0.677 bits per heavy atom. The number of halogens is 1. The summed E-state index contributed by atoms with van der Waals surface area (Å²) >= 11 is 9.57. The molecule has 2 heteroatoms. The lowest BCUT2D eigenvalue weighted by Gasteiger charge is -2.38. The number of hydrogen-bond donors (Lipinski definition) is 0. The van der Waals surface area contributed by atoms with Gasteiger partial charge in [-0.15, -0.1) is 11.1 Å². The van der Waals surface area contributed by atoms with Gasteiger partial charge in [0.1, 0.15) is 0 Å². The zero-order valence-corrected chi connectivity index (χ0v) is 38.2. The lowest BCUT2D eigenvalue weighted by Crippen LogP contribution is -2.67. The molecule has 0 saturated carbocycles. The molecule has 9 aromatic rings. The van der Waals surface area contributed by atoms with E-state index in [4.69, 9.17) is 0 Å². The summed E-state index contributed by atoms with van der Waals surface area (Å²) in [5.74, 6) is 0. The minimum atomic E-state index is -3.78. The van der Waals surface area contributed by atoms with Gasteiger partial charge in [-0.25, -0.2) is 0 Å². The summed E-state index contributed by atoms with van der Waals surface area (Å²) in [7, 11) is -3.78. The third-order valence-electron chi connectivity index (χ3n) is 12.8. The molecule has 0 amide bonds. The maximum absolute atomic E-state index is 9.57. The molecule has 0 aliphatic carbocycles. The Labute approximate surface area is 373 Å². The molecule has 0 nitrogen and oxygen atoms in total. The minimum Gasteiger partial charge on any atom is -0.149 e. The van der Waals surface area contributed by atoms with Gasteiger partial charge >= 0.3 is 0 Å². The van der Waals surface area contributed by atoms with E-state index in [9.17, 15) is 11.1 Å². The molecule has 9 aromatic carbocycles. The van der Waals surface area contributed by atoms with Crippen molar-refractivity contribution in [1.29, 1.82) is 0 Å². The Kier molecular flexibility index (Phi) is 11.3. The molecule has 0 aliphatic heterocycles. The first kappa shape index (κ1) is 40.9. The Morgan fingerprint density at radius 1 is 0.274 bits per heavy atom. The van der Waals surface area contributed by atoms with E-state index in [-0.39, 0.29) is 0 Å². The van der Waals surface area contributed by atoms with Crippen molar-refractivity contribution in [1.82, 2.24) is 0 Å². The second-order valence-electron chi connectivity index (χ2n) is 16.7. The summed E-state index contributed by atoms with van der Waals surface area (Å²) in [4.78, 5) is 0. The molecule has 0 saturated heterocycles. The van der Waals surface area contributed by atoms with Crippen LogP contribution >= 0.6 is 11.1 Å². The van der Waals surface area contributed by atoms with Crippen molar-refractivity contribution >= 4 is 34.0 Å². The summed E-state index contributed by atoms with van der Waals surface area (Å²) in [5.41, 5.74) is 21.7. The quantitative estimate of drug-likeness (QED) is 0.0772. The topological polar surface area (TPSA) is 0 Å². The van der Waals surface area contributed by atoms with Crippen LogP contribution in [0.25, 0.3) is 66.8 Å². The van der Waals surface area contributed by atoms with Crippen molar-refractivity contribution in [2.24, 2.45) is 0 Å². The van der Waals surface area contributed by atoms with E-state index in [0.717, 1.165) is 16.7 Å². The minimum absolute atomic E-state index is 1.16. The first-order valence-electron chi connectivity index (χ1n) is 21.6. The molecule has 0 aliphatic rings. The third kappa shape index (κ3) is 7.16. The molecular formula is C60H51ClSi. The van der Waals surface area contributed by atoms with Gasteiger partial charge in [-0.05, 0) is 157 Å². The smallest absolute Gasteiger partial charge is 0.149 e. The predicted molar refractivity (Wildman–Crippen MR) is 271 cm³/mol. The fourth-order valence-corrected chi connectivity index (χ4v) is 17.0. The van der Waals surface area contributed by atoms with Crippen molar-refractivity contribution < 1.29 is 0 Å². The van der Waals surface area contributed by atoms with Gasteiger partial charge in [0.15, 0.2) is 0 Å². The maximum Gasteiger partial charge on any atom is 0.250 e. The van der Waals surface area contributed by atoms with Crippen molar-refractivity contribution in [3.8, 4) is 66.8 Å². The molecule has 0 spiro atoms. The molecular weight excluding hydrogens is 784 g/mol. The molecule has 0 unspecified atom stereocenters. The van der Waals surface area contributed by atoms with E-state index >= 15 is 0 Å². The van der Waals surface area contributed by atoms with Crippen molar-refractivity contribution in [2.45, 2.75) is 41.5 Å². The molecule has 0 bridgehead atoms. The largest absolute Gasteiger partial charge is 0.250 e. The Morgan fingerprint density at radius 2 is 0.468 bits per heavy atom. The van der Waals surface area contributed by atoms with Gasteiger partial charge in [0.25, 0.3) is 7.38 Å². The zero-order chi connectivity index (χ0) is 43.0. The molecule has 0 radical (unpaired) electrons. The highest BCUT2D eigenvalue weighted by atomic mass is 35.6. The Hall–Kier alpha value is -6.51. The van der Waals surface area contributed by atoms with Crippen molar-refractivity contribution in [3.05, 3.63) is 234 Å². The SMILES string of the molecule is Cc1cc(-c2ccccc2)c([Si](Cl)(c2c(-c3ccccc3)cc(C)c(-c3ccccc3)c2C)c2c(-c3ccccc3)cc(C)c(-c3ccccc3)c2C)c(C)c1-c1ccccc1. The maximum atomic E-state index is 9.57. The highest BCUT2D eigenvalue weighted by molar-refractivity contribution is 7.41. The van der Waals surface area contributed by atoms with E-state index in [2.05, 4.69) is 242 Å². The lowest BCUT2D eigenvalue weighted by atomic mass is 9.90. The third-order valence-corrected chi connectivity index (χ3v) is 18.5. The first-order chi connectivity index (χ1) is 30.2. The lowest BCUT2D eigenvalue weighted by molar-refractivity contribution is 1.37. The van der Waals surface area contributed by atoms with E-state index in [1.165, 1.54) is 99.0 Å². The van der Waals surface area contributed by atoms with Crippen LogP contribution in [-0.2, 0) is 0 Å². The molecule has 0 fully saturated rings. The average molecular weight is 836 g/mol. The molecule has 62 heavy (non-hydrogen) atoms. The van der Waals surface area contributed by atoms with Gasteiger partial charge in [-0.3, -0.25) is 0 Å². The van der Waals surface area contributed by atoms with Gasteiger partial charge in [-0.1, -0.05) is 200 Å². The van der Waals surface area contributed by atoms with Crippen molar-refractivity contribution in [3.63, 3.8) is 0 Å². The zero-order valence-electron chi connectivity index (χ0n) is 36.4. The molecule has 302 valence electrons. The summed E-state index contributed by atoms with van der Waals surface area (Å²) in [6, 6.07) is 72.8. The van der Waals surface area contributed by atoms with Gasteiger partial charge in [0.2, 0.25) is 0 Å². The van der Waals surface area contributed by atoms with Crippen LogP contribution in [0, 0.1) is 41.5 Å². The summed E-state index contributed by atoms with van der Waals surface area (Å²) in [6.07, 6.45) is 0. The molecule has 0 N–H and O–H groups in total. The molecule has 9 rings (SSSR count). The molecule has 0 atom stereocenters. The number of rotatable bonds is 9. The fraction of sp³-hybridized carbons (Fsp3) is 0.100. The highest BCUT2D eigenvalue weighted by Crippen LogP contribution is 2.41. The summed E-state index contributed by atoms with van der Waals surface area (Å²) < 4.78 is 0. The van der Waals surface area contributed by atoms with Crippen LogP contribution in [-0.4, -0.2) is 7.38 Å². The Balaban J connectivity index is 1.58. The van der Waals surface area contributed by atoms with Gasteiger partial charge in [0, 0.05) is 0 Å². The normalized spacial score (nSPS) is 11.5. The first-order valence-corrected chi connectivity index (χ1v) is 24.6. The van der Waals surface area contributed by atoms with Crippen molar-refractivity contribution in [2.75, 3.05) is 0 Å². The van der Waals surface area contributed by atoms with E-state index in [1.807, 2.05) is 0 Å². The number of aryl methyl sites for hydroxylation is 3. The predicted octanol–water partition coefficient (Wildman–Crippen LogP) is 14.7. The summed E-state index contributed by atoms with van der Waals surface area (Å²) in [5, 5.41) is 3.67. The second-order valence-corrected chi connectivity index (χ2v) is 21.2. The number of benzene rings is 9. The van der Waals surface area contributed by atoms with Crippen LogP contribution in [0.2, 0.25) is 0 Å². The van der Waals surface area contributed by atoms with Gasteiger partial charge in [0.05, 0.1) is 0 Å². The standard InChI is InChI=1S/C60H51ClSi/c1-40-37-52(46-25-13-7-14-26-46)58(43(4)55(40)49-31-19-10-20-32-49)62(61,59-44(5)56(50-33-21-11-22-34-50)41(2)38-53(59)47-27-15-8-16-28-47)60-45(6)57(51-35-23-12-24-36-51)42(3)39-54(60)48-29-17-9-18-30-48/h7-39H,1-6H3. The van der Waals surface area contributed by atoms with E-state index < -0.39 is 7.38 Å². The second kappa shape index (κ2) is 17.1. The van der Waals surface area contributed by atoms with Gasteiger partial charge in [-0.2, -0.15) is 0 Å². The van der Waals surface area contributed by atoms with E-state index in [0.29, 0.717) is 0 Å². The Bertz CT molecular complexity index is 2700. The summed E-state index contributed by atoms with van der Waals surface area (Å²) in [6.45, 7) is 13.8. The molecule has 0 aromatic heterocycles. The van der Waals surface area contributed by atoms with Crippen LogP contribution in [0.4, 0.5) is 0 Å². The fourth-order valence-electron chi connectivity index (χ4n) is 10.3.